The Balaban J connectivity index is 2.18. The predicted molar refractivity (Wildman–Crippen MR) is 70.2 cm³/mol. The van der Waals surface area contributed by atoms with Crippen LogP contribution < -0.4 is 5.32 Å². The molecule has 0 aliphatic heterocycles. The third kappa shape index (κ3) is 3.51. The lowest BCUT2D eigenvalue weighted by molar-refractivity contribution is 0.102. The molecule has 2 aromatic heterocycles. The van der Waals surface area contributed by atoms with Crippen LogP contribution in [-0.4, -0.2) is 21.1 Å². The molecule has 0 saturated carbocycles. The molecule has 0 radical (unpaired) electrons. The number of carbonyl (C=O) groups excluding carboxylic acids is 1. The van der Waals surface area contributed by atoms with Crippen molar-refractivity contribution in [3.8, 4) is 0 Å². The number of nitrogens with one attached hydrogen (secondary N) is 1. The van der Waals surface area contributed by atoms with E-state index in [0.29, 0.717) is 11.5 Å². The van der Waals surface area contributed by atoms with E-state index >= 15 is 0 Å². The lowest BCUT2D eigenvalue weighted by Crippen LogP contribution is -2.13. The molecular weight excluding hydrogens is 268 g/mol. The van der Waals surface area contributed by atoms with E-state index in [4.69, 9.17) is 16.0 Å². The third-order valence-corrected chi connectivity index (χ3v) is 2.56. The number of aryl methyl sites for hydroxylation is 2. The molecule has 6 nitrogen and oxygen atoms in total. The second-order valence-corrected chi connectivity index (χ2v) is 4.39. The molecular formula is C12H13ClN4O2. The van der Waals surface area contributed by atoms with Gasteiger partial charge in [-0.05, 0) is 18.6 Å². The summed E-state index contributed by atoms with van der Waals surface area (Å²) in [7, 11) is 0. The van der Waals surface area contributed by atoms with Crippen LogP contribution in [0.15, 0.2) is 16.5 Å². The lowest BCUT2D eigenvalue weighted by atomic mass is 10.1. The van der Waals surface area contributed by atoms with Crippen LogP contribution in [0.1, 0.15) is 35.3 Å². The Morgan fingerprint density at radius 1 is 1.42 bits per heavy atom. The molecule has 2 rings (SSSR count). The fourth-order valence-corrected chi connectivity index (χ4v) is 1.81. The van der Waals surface area contributed by atoms with Crippen molar-refractivity contribution in [1.29, 1.82) is 0 Å². The number of aromatic nitrogens is 3. The van der Waals surface area contributed by atoms with Gasteiger partial charge in [0.25, 0.3) is 5.91 Å². The molecule has 0 aromatic carbocycles. The average Bonchev–Trinajstić information content (AvgIpc) is 2.74. The van der Waals surface area contributed by atoms with Gasteiger partial charge in [-0.1, -0.05) is 30.0 Å². The number of anilines is 1. The van der Waals surface area contributed by atoms with Crippen molar-refractivity contribution in [2.75, 3.05) is 5.32 Å². The normalized spacial score (nSPS) is 10.5. The number of amides is 1. The summed E-state index contributed by atoms with van der Waals surface area (Å²) in [6.45, 7) is 3.68. The van der Waals surface area contributed by atoms with Gasteiger partial charge in [-0.2, -0.15) is 0 Å². The second-order valence-electron chi connectivity index (χ2n) is 4.00. The highest BCUT2D eigenvalue weighted by Crippen LogP contribution is 2.14. The van der Waals surface area contributed by atoms with Crippen molar-refractivity contribution < 1.29 is 9.21 Å². The van der Waals surface area contributed by atoms with E-state index in [1.807, 2.05) is 6.92 Å². The number of rotatable bonds is 4. The predicted octanol–water partition coefficient (Wildman–Crippen LogP) is 2.63. The summed E-state index contributed by atoms with van der Waals surface area (Å²) in [4.78, 5) is 16.2. The first kappa shape index (κ1) is 13.5. The summed E-state index contributed by atoms with van der Waals surface area (Å²) < 4.78 is 5.08. The van der Waals surface area contributed by atoms with Crippen molar-refractivity contribution in [2.45, 2.75) is 26.7 Å². The Hall–Kier alpha value is -1.95. The molecule has 2 aromatic rings. The molecule has 1 amide bonds. The molecule has 2 heterocycles. The molecule has 0 atom stereocenters. The minimum Gasteiger partial charge on any atom is -0.408 e. The Morgan fingerprint density at radius 3 is 2.84 bits per heavy atom. The third-order valence-electron chi connectivity index (χ3n) is 2.36. The quantitative estimate of drug-likeness (QED) is 0.871. The minimum absolute atomic E-state index is 0.0625. The Bertz CT molecular complexity index is 597. The number of carbonyl (C=O) groups is 1. The van der Waals surface area contributed by atoms with Gasteiger partial charge in [-0.3, -0.25) is 10.1 Å². The molecule has 1 N–H and O–H groups in total. The molecule has 0 fully saturated rings. The SMILES string of the molecule is CCCc1cc(C(=O)Nc2nnc(C)o2)cc(Cl)n1. The van der Waals surface area contributed by atoms with Crippen molar-refractivity contribution in [3.05, 3.63) is 34.4 Å². The summed E-state index contributed by atoms with van der Waals surface area (Å²) in [6.07, 6.45) is 1.69. The lowest BCUT2D eigenvalue weighted by Gasteiger charge is -2.04. The molecule has 100 valence electrons. The molecule has 0 aliphatic rings. The molecule has 0 unspecified atom stereocenters. The van der Waals surface area contributed by atoms with Crippen molar-refractivity contribution in [1.82, 2.24) is 15.2 Å². The van der Waals surface area contributed by atoms with E-state index in [9.17, 15) is 4.79 Å². The Kier molecular flexibility index (Phi) is 4.11. The van der Waals surface area contributed by atoms with Gasteiger partial charge in [0.15, 0.2) is 0 Å². The Labute approximate surface area is 115 Å². The molecule has 0 spiro atoms. The summed E-state index contributed by atoms with van der Waals surface area (Å²) in [6, 6.07) is 3.26. The van der Waals surface area contributed by atoms with Crippen LogP contribution in [-0.2, 0) is 6.42 Å². The largest absolute Gasteiger partial charge is 0.408 e. The number of hydrogen-bond donors (Lipinski definition) is 1. The second kappa shape index (κ2) is 5.79. The monoisotopic (exact) mass is 280 g/mol. The molecule has 0 bridgehead atoms. The standard InChI is InChI=1S/C12H13ClN4O2/c1-3-4-9-5-8(6-10(13)14-9)11(18)15-12-17-16-7(2)19-12/h5-6H,3-4H2,1-2H3,(H,15,17,18). The van der Waals surface area contributed by atoms with Gasteiger partial charge >= 0.3 is 6.01 Å². The Morgan fingerprint density at radius 2 is 2.21 bits per heavy atom. The highest BCUT2D eigenvalue weighted by Gasteiger charge is 2.12. The molecule has 7 heteroatoms. The number of pyridine rings is 1. The van der Waals surface area contributed by atoms with E-state index in [-0.39, 0.29) is 17.1 Å². The number of hydrogen-bond acceptors (Lipinski definition) is 5. The smallest absolute Gasteiger partial charge is 0.322 e. The first-order valence-electron chi connectivity index (χ1n) is 5.86. The van der Waals surface area contributed by atoms with E-state index in [1.54, 1.807) is 13.0 Å². The number of halogens is 1. The van der Waals surface area contributed by atoms with Gasteiger partial charge in [-0.25, -0.2) is 4.98 Å². The number of nitrogens with zero attached hydrogens (tertiary/aromatic N) is 3. The van der Waals surface area contributed by atoms with Gasteiger partial charge in [-0.15, -0.1) is 5.10 Å². The maximum Gasteiger partial charge on any atom is 0.322 e. The highest BCUT2D eigenvalue weighted by molar-refractivity contribution is 6.29. The zero-order valence-corrected chi connectivity index (χ0v) is 11.4. The van der Waals surface area contributed by atoms with Gasteiger partial charge in [0, 0.05) is 18.2 Å². The van der Waals surface area contributed by atoms with E-state index in [1.165, 1.54) is 6.07 Å². The van der Waals surface area contributed by atoms with Crippen LogP contribution in [0.3, 0.4) is 0 Å². The zero-order chi connectivity index (χ0) is 13.8. The summed E-state index contributed by atoms with van der Waals surface area (Å²) >= 11 is 5.89. The summed E-state index contributed by atoms with van der Waals surface area (Å²) in [5.41, 5.74) is 1.20. The maximum absolute atomic E-state index is 12.0. The van der Waals surface area contributed by atoms with E-state index in [2.05, 4.69) is 20.5 Å². The van der Waals surface area contributed by atoms with Crippen molar-refractivity contribution >= 4 is 23.5 Å². The van der Waals surface area contributed by atoms with Gasteiger partial charge in [0.2, 0.25) is 5.89 Å². The van der Waals surface area contributed by atoms with E-state index in [0.717, 1.165) is 18.5 Å². The first-order chi connectivity index (χ1) is 9.08. The van der Waals surface area contributed by atoms with Crippen LogP contribution in [0.2, 0.25) is 5.15 Å². The van der Waals surface area contributed by atoms with Gasteiger partial charge < -0.3 is 4.42 Å². The summed E-state index contributed by atoms with van der Waals surface area (Å²) in [5.74, 6) is 0.0278. The van der Waals surface area contributed by atoms with Crippen LogP contribution in [0, 0.1) is 6.92 Å². The fourth-order valence-electron chi connectivity index (χ4n) is 1.58. The van der Waals surface area contributed by atoms with Crippen molar-refractivity contribution in [2.24, 2.45) is 0 Å². The molecule has 0 aliphatic carbocycles. The summed E-state index contributed by atoms with van der Waals surface area (Å²) in [5, 5.41) is 10.1. The maximum atomic E-state index is 12.0. The van der Waals surface area contributed by atoms with Gasteiger partial charge in [0.1, 0.15) is 5.15 Å². The van der Waals surface area contributed by atoms with Crippen LogP contribution in [0.25, 0.3) is 0 Å². The minimum atomic E-state index is -0.356. The van der Waals surface area contributed by atoms with Crippen LogP contribution in [0.4, 0.5) is 6.01 Å². The van der Waals surface area contributed by atoms with Crippen LogP contribution in [0.5, 0.6) is 0 Å². The first-order valence-corrected chi connectivity index (χ1v) is 6.24. The fraction of sp³-hybridized carbons (Fsp3) is 0.333. The van der Waals surface area contributed by atoms with Gasteiger partial charge in [0.05, 0.1) is 0 Å². The molecule has 19 heavy (non-hydrogen) atoms. The average molecular weight is 281 g/mol. The zero-order valence-electron chi connectivity index (χ0n) is 10.6. The molecule has 0 saturated heterocycles. The van der Waals surface area contributed by atoms with Crippen molar-refractivity contribution in [3.63, 3.8) is 0 Å². The highest BCUT2D eigenvalue weighted by atomic mass is 35.5. The van der Waals surface area contributed by atoms with Crippen LogP contribution >= 0.6 is 11.6 Å². The van der Waals surface area contributed by atoms with E-state index < -0.39 is 0 Å². The topological polar surface area (TPSA) is 80.9 Å².